The molecule has 1 fully saturated rings. The molecule has 1 saturated heterocycles. The van der Waals surface area contributed by atoms with Gasteiger partial charge in [0.25, 0.3) is 11.5 Å². The van der Waals surface area contributed by atoms with Crippen LogP contribution in [0.25, 0.3) is 11.2 Å². The summed E-state index contributed by atoms with van der Waals surface area (Å²) in [6.45, 7) is 0.0943. The monoisotopic (exact) mass is 1130 g/mol. The zero-order chi connectivity index (χ0) is 58.0. The van der Waals surface area contributed by atoms with Crippen molar-refractivity contribution in [3.63, 3.8) is 0 Å². The van der Waals surface area contributed by atoms with E-state index in [9.17, 15) is 72.5 Å². The van der Waals surface area contributed by atoms with Crippen LogP contribution in [0.15, 0.2) is 35.3 Å². The minimum absolute atomic E-state index is 0.0362. The molecule has 4 rings (SSSR count). The third-order valence-electron chi connectivity index (χ3n) is 11.2. The van der Waals surface area contributed by atoms with Crippen LogP contribution in [0.5, 0.6) is 0 Å². The number of fused-ring (bicyclic) bond motifs is 1. The van der Waals surface area contributed by atoms with Crippen LogP contribution in [0.4, 0.5) is 11.6 Å². The molecule has 428 valence electrons. The van der Waals surface area contributed by atoms with Crippen LogP contribution < -0.4 is 64.5 Å². The number of aromatic amines is 1. The molecule has 3 heterocycles. The van der Waals surface area contributed by atoms with E-state index in [2.05, 4.69) is 85.7 Å². The van der Waals surface area contributed by atoms with Gasteiger partial charge in [0.15, 0.2) is 11.2 Å². The van der Waals surface area contributed by atoms with E-state index in [1.807, 2.05) is 4.90 Å². The van der Waals surface area contributed by atoms with Crippen molar-refractivity contribution in [1.29, 1.82) is 0 Å². The molecule has 1 unspecified atom stereocenters. The van der Waals surface area contributed by atoms with Gasteiger partial charge in [-0.3, -0.25) is 72.3 Å². The summed E-state index contributed by atoms with van der Waals surface area (Å²) in [6.07, 6.45) is -0.126. The first-order valence-electron chi connectivity index (χ1n) is 24.2. The van der Waals surface area contributed by atoms with Gasteiger partial charge < -0.3 is 74.2 Å². The van der Waals surface area contributed by atoms with Crippen molar-refractivity contribution < 1.29 is 72.9 Å². The molecule has 2 aromatic heterocycles. The second kappa shape index (κ2) is 31.9. The molecule has 3 aromatic rings. The van der Waals surface area contributed by atoms with Crippen LogP contribution in [0, 0.1) is 0 Å². The minimum Gasteiger partial charge on any atom is -0.481 e. The van der Waals surface area contributed by atoms with Gasteiger partial charge in [0.05, 0.1) is 64.0 Å². The highest BCUT2D eigenvalue weighted by Gasteiger charge is 2.27. The summed E-state index contributed by atoms with van der Waals surface area (Å²) in [4.78, 5) is 177. The lowest BCUT2D eigenvalue weighted by Crippen LogP contribution is -2.54. The number of aliphatic carboxylic acids is 3. The number of carboxylic acid groups (broad SMARTS) is 3. The quantitative estimate of drug-likeness (QED) is 0.0204. The first kappa shape index (κ1) is 62.5. The first-order chi connectivity index (χ1) is 37.6. The van der Waals surface area contributed by atoms with E-state index in [0.29, 0.717) is 49.7 Å². The molecule has 34 heteroatoms. The van der Waals surface area contributed by atoms with E-state index in [1.165, 1.54) is 6.20 Å². The Morgan fingerprint density at radius 3 is 1.76 bits per heavy atom. The molecule has 1 aromatic carbocycles. The van der Waals surface area contributed by atoms with Crippen molar-refractivity contribution in [3.8, 4) is 0 Å². The van der Waals surface area contributed by atoms with Gasteiger partial charge in [0.2, 0.25) is 53.2 Å². The predicted octanol–water partition coefficient (Wildman–Crippen LogP) is -6.97. The van der Waals surface area contributed by atoms with Gasteiger partial charge in [-0.05, 0) is 30.7 Å². The second-order valence-electron chi connectivity index (χ2n) is 17.3. The molecule has 0 spiro atoms. The Bertz CT molecular complexity index is 2780. The highest BCUT2D eigenvalue weighted by atomic mass is 32.1. The lowest BCUT2D eigenvalue weighted by Gasteiger charge is -2.34. The highest BCUT2D eigenvalue weighted by Crippen LogP contribution is 2.12. The third-order valence-corrected chi connectivity index (χ3v) is 11.5. The largest absolute Gasteiger partial charge is 0.481 e. The van der Waals surface area contributed by atoms with Gasteiger partial charge in [-0.25, -0.2) is 14.8 Å². The number of rotatable bonds is 32. The molecular weight excluding hydrogens is 1070 g/mol. The summed E-state index contributed by atoms with van der Waals surface area (Å²) in [7, 11) is 0. The lowest BCUT2D eigenvalue weighted by atomic mass is 10.2. The van der Waals surface area contributed by atoms with Crippen molar-refractivity contribution in [2.45, 2.75) is 50.4 Å². The summed E-state index contributed by atoms with van der Waals surface area (Å²) in [5.74, 6) is -11.4. The molecule has 0 saturated carbocycles. The Hall–Kier alpha value is -9.05. The standard InChI is InChI=1S/C45H61N17O16S/c46-45-59-39-38(43(76)60-45)55-26(17-52-39)16-49-25-5-3-24(4-6-25)40(73)48-7-1-2-30(63)50-19-32(65)56-27(14-36(69)70)41(74)53-18-31(64)47-8-9-61-10-12-62(13-11-61)22-35(68)51-20-33(66)57-28(15-37(71)72)42(75)54-21-34(67)58-29(23-79)44(77)78/h3-6,17,27-29,49,79H,1-2,7-16,18-23H2,(H,47,64)(H,48,73)(H,50,63)(H,51,68)(H,53,74)(H,54,75)(H,56,65)(H,57,66)(H,58,67)(H,69,70)(H,71,72)(H,77,78)(H3,46,52,59,60,76)/t27-,28-,29?/m0/s1. The molecular formula is C45H61N17O16S. The maximum absolute atomic E-state index is 12.8. The fourth-order valence-electron chi connectivity index (χ4n) is 7.10. The molecule has 3 atom stereocenters. The van der Waals surface area contributed by atoms with Gasteiger partial charge in [0.1, 0.15) is 18.1 Å². The molecule has 1 aliphatic rings. The average molecular weight is 1130 g/mol. The number of carboxylic acids is 3. The maximum atomic E-state index is 12.8. The molecule has 0 bridgehead atoms. The number of benzene rings is 1. The normalized spacial score (nSPS) is 13.5. The van der Waals surface area contributed by atoms with Crippen molar-refractivity contribution >= 4 is 107 Å². The Morgan fingerprint density at radius 2 is 1.19 bits per heavy atom. The average Bonchev–Trinajstić information content (AvgIpc) is 3.41. The predicted molar refractivity (Wildman–Crippen MR) is 277 cm³/mol. The topological polar surface area (TPSA) is 490 Å². The van der Waals surface area contributed by atoms with Crippen LogP contribution >= 0.6 is 12.6 Å². The number of nitrogen functional groups attached to an aromatic ring is 1. The first-order valence-corrected chi connectivity index (χ1v) is 24.8. The maximum Gasteiger partial charge on any atom is 0.327 e. The molecule has 1 aliphatic heterocycles. The Balaban J connectivity index is 1.05. The molecule has 16 N–H and O–H groups in total. The summed E-state index contributed by atoms with van der Waals surface area (Å²) >= 11 is 3.81. The van der Waals surface area contributed by atoms with E-state index in [1.54, 1.807) is 29.2 Å². The van der Waals surface area contributed by atoms with E-state index in [4.69, 9.17) is 10.8 Å². The number of nitrogens with zero attached hydrogens (tertiary/aromatic N) is 5. The Morgan fingerprint density at radius 1 is 0.646 bits per heavy atom. The van der Waals surface area contributed by atoms with Crippen LogP contribution in [0.1, 0.15) is 41.7 Å². The molecule has 79 heavy (non-hydrogen) atoms. The third kappa shape index (κ3) is 23.0. The zero-order valence-electron chi connectivity index (χ0n) is 42.3. The minimum atomic E-state index is -1.63. The van der Waals surface area contributed by atoms with Gasteiger partial charge in [-0.2, -0.15) is 17.6 Å². The van der Waals surface area contributed by atoms with Crippen LogP contribution in [-0.4, -0.2) is 219 Å². The van der Waals surface area contributed by atoms with Gasteiger partial charge in [-0.1, -0.05) is 0 Å². The van der Waals surface area contributed by atoms with Gasteiger partial charge in [0, 0.05) is 69.2 Å². The number of nitrogens with two attached hydrogens (primary N) is 1. The summed E-state index contributed by atoms with van der Waals surface area (Å²) in [5.41, 5.74) is 6.60. The van der Waals surface area contributed by atoms with E-state index < -0.39 is 134 Å². The molecule has 9 amide bonds. The SMILES string of the molecule is Nc1nc2ncc(CNc3ccc(C(=O)NCCCC(=O)NCC(=O)N[C@@H](CC(=O)O)C(=O)NCC(=O)NCCN4CCN(CC(=O)NCC(=O)N[C@@H](CC(=O)O)C(=O)NCC(=O)NC(CS)C(=O)O)CC4)cc3)nc2c(=O)[nH]1. The highest BCUT2D eigenvalue weighted by molar-refractivity contribution is 7.80. The Kier molecular flexibility index (Phi) is 25.2. The fourth-order valence-corrected chi connectivity index (χ4v) is 7.35. The van der Waals surface area contributed by atoms with Crippen LogP contribution in [-0.2, 0) is 59.3 Å². The molecule has 0 radical (unpaired) electrons. The van der Waals surface area contributed by atoms with Crippen molar-refractivity contribution in [3.05, 3.63) is 52.1 Å². The summed E-state index contributed by atoms with van der Waals surface area (Å²) in [6, 6.07) is 1.92. The molecule has 0 aliphatic carbocycles. The number of hydrogen-bond acceptors (Lipinski definition) is 21. The van der Waals surface area contributed by atoms with Gasteiger partial charge in [-0.15, -0.1) is 0 Å². The number of carbonyl (C=O) groups excluding carboxylic acids is 9. The summed E-state index contributed by atoms with van der Waals surface area (Å²) < 4.78 is 0. The van der Waals surface area contributed by atoms with Gasteiger partial charge >= 0.3 is 17.9 Å². The van der Waals surface area contributed by atoms with E-state index >= 15 is 0 Å². The summed E-state index contributed by atoms with van der Waals surface area (Å²) in [5, 5.41) is 51.6. The van der Waals surface area contributed by atoms with Crippen LogP contribution in [0.3, 0.4) is 0 Å². The number of anilines is 2. The number of carbonyl (C=O) groups is 12. The van der Waals surface area contributed by atoms with E-state index in [0.717, 1.165) is 0 Å². The number of thiol groups is 1. The van der Waals surface area contributed by atoms with Crippen LogP contribution in [0.2, 0.25) is 0 Å². The number of H-pyrrole nitrogens is 1. The molecule has 33 nitrogen and oxygen atoms in total. The number of piperazine rings is 1. The van der Waals surface area contributed by atoms with Crippen molar-refractivity contribution in [2.24, 2.45) is 0 Å². The van der Waals surface area contributed by atoms with Crippen molar-refractivity contribution in [1.82, 2.24) is 77.6 Å². The number of hydrogen-bond donors (Lipinski definition) is 16. The lowest BCUT2D eigenvalue weighted by molar-refractivity contribution is -0.142. The number of aromatic nitrogens is 4. The number of nitrogens with one attached hydrogen (secondary N) is 11. The number of amides is 9. The smallest absolute Gasteiger partial charge is 0.327 e. The second-order valence-corrected chi connectivity index (χ2v) is 17.7. The van der Waals surface area contributed by atoms with Crippen molar-refractivity contribution in [2.75, 3.05) is 95.3 Å². The fraction of sp³-hybridized carbons (Fsp3) is 0.467. The Labute approximate surface area is 453 Å². The van der Waals surface area contributed by atoms with E-state index in [-0.39, 0.29) is 61.9 Å². The zero-order valence-corrected chi connectivity index (χ0v) is 43.2.